The van der Waals surface area contributed by atoms with E-state index in [1.54, 1.807) is 0 Å². The molecule has 0 aromatic heterocycles. The number of rotatable bonds is 7. The summed E-state index contributed by atoms with van der Waals surface area (Å²) in [6.45, 7) is 1.98. The zero-order valence-corrected chi connectivity index (χ0v) is 13.0. The molecule has 0 bridgehead atoms. The van der Waals surface area contributed by atoms with E-state index in [1.807, 2.05) is 61.5 Å². The molecule has 2 rings (SSSR count). The first kappa shape index (κ1) is 16.7. The van der Waals surface area contributed by atoms with Crippen LogP contribution in [0.4, 0.5) is 0 Å². The molecule has 2 aromatic rings. The Morgan fingerprint density at radius 1 is 0.826 bits per heavy atom. The minimum atomic E-state index is -0.982. The summed E-state index contributed by atoms with van der Waals surface area (Å²) in [6.07, 6.45) is -0.362. The molecular formula is C19H20O4. The molecule has 0 heterocycles. The quantitative estimate of drug-likeness (QED) is 0.817. The van der Waals surface area contributed by atoms with Gasteiger partial charge >= 0.3 is 11.9 Å². The zero-order chi connectivity index (χ0) is 16.8. The predicted octanol–water partition coefficient (Wildman–Crippen LogP) is 3.69. The van der Waals surface area contributed by atoms with Gasteiger partial charge in [-0.2, -0.15) is 0 Å². The van der Waals surface area contributed by atoms with Gasteiger partial charge in [0.1, 0.15) is 0 Å². The Balaban J connectivity index is 2.47. The maximum atomic E-state index is 11.2. The molecule has 120 valence electrons. The van der Waals surface area contributed by atoms with Crippen molar-refractivity contribution in [2.24, 2.45) is 5.92 Å². The average Bonchev–Trinajstić information content (AvgIpc) is 2.49. The van der Waals surface area contributed by atoms with Crippen LogP contribution in [0.3, 0.4) is 0 Å². The lowest BCUT2D eigenvalue weighted by atomic mass is 9.77. The van der Waals surface area contributed by atoms with Gasteiger partial charge in [0.2, 0.25) is 0 Å². The zero-order valence-electron chi connectivity index (χ0n) is 13.0. The molecule has 0 amide bonds. The van der Waals surface area contributed by atoms with Crippen LogP contribution in [0.15, 0.2) is 54.6 Å². The van der Waals surface area contributed by atoms with Gasteiger partial charge < -0.3 is 10.2 Å². The van der Waals surface area contributed by atoms with Crippen LogP contribution < -0.4 is 0 Å². The maximum absolute atomic E-state index is 11.2. The third-order valence-corrected chi connectivity index (χ3v) is 3.94. The molecule has 23 heavy (non-hydrogen) atoms. The second-order valence-electron chi connectivity index (χ2n) is 5.75. The normalized spacial score (nSPS) is 12.1. The molecule has 0 unspecified atom stereocenters. The highest BCUT2D eigenvalue weighted by Crippen LogP contribution is 2.36. The van der Waals surface area contributed by atoms with Gasteiger partial charge in [-0.1, -0.05) is 60.2 Å². The molecule has 4 nitrogen and oxygen atoms in total. The van der Waals surface area contributed by atoms with Gasteiger partial charge in [0.15, 0.2) is 0 Å². The average molecular weight is 312 g/mol. The molecule has 0 aliphatic rings. The first-order valence-corrected chi connectivity index (χ1v) is 7.52. The summed E-state index contributed by atoms with van der Waals surface area (Å²) in [5.41, 5.74) is 2.98. The number of carbonyl (C=O) groups is 2. The van der Waals surface area contributed by atoms with E-state index in [4.69, 9.17) is 0 Å². The molecule has 2 aromatic carbocycles. The van der Waals surface area contributed by atoms with E-state index in [-0.39, 0.29) is 18.8 Å². The summed E-state index contributed by atoms with van der Waals surface area (Å²) in [7, 11) is 0. The summed E-state index contributed by atoms with van der Waals surface area (Å²) in [5, 5.41) is 18.4. The van der Waals surface area contributed by atoms with Crippen molar-refractivity contribution in [1.82, 2.24) is 0 Å². The van der Waals surface area contributed by atoms with Gasteiger partial charge in [-0.25, -0.2) is 0 Å². The fourth-order valence-electron chi connectivity index (χ4n) is 2.93. The molecule has 0 fully saturated rings. The lowest BCUT2D eigenvalue weighted by Gasteiger charge is -2.26. The molecule has 0 aliphatic carbocycles. The van der Waals surface area contributed by atoms with Crippen LogP contribution in [-0.2, 0) is 9.59 Å². The number of hydrogen-bond acceptors (Lipinski definition) is 2. The first-order valence-electron chi connectivity index (χ1n) is 7.52. The van der Waals surface area contributed by atoms with Gasteiger partial charge in [0.05, 0.1) is 0 Å². The number of carboxylic acid groups (broad SMARTS) is 2. The first-order chi connectivity index (χ1) is 11.0. The van der Waals surface area contributed by atoms with E-state index in [2.05, 4.69) is 0 Å². The summed E-state index contributed by atoms with van der Waals surface area (Å²) in [5.74, 6) is -2.73. The highest BCUT2D eigenvalue weighted by molar-refractivity contribution is 5.71. The smallest absolute Gasteiger partial charge is 0.303 e. The predicted molar refractivity (Wildman–Crippen MR) is 87.5 cm³/mol. The second kappa shape index (κ2) is 7.58. The minimum Gasteiger partial charge on any atom is -0.481 e. The minimum absolute atomic E-state index is 0.181. The van der Waals surface area contributed by atoms with Crippen molar-refractivity contribution < 1.29 is 19.8 Å². The molecule has 4 heteroatoms. The molecule has 0 saturated carbocycles. The van der Waals surface area contributed by atoms with Crippen molar-refractivity contribution in [3.05, 3.63) is 71.3 Å². The fourth-order valence-corrected chi connectivity index (χ4v) is 2.93. The van der Waals surface area contributed by atoms with Gasteiger partial charge in [0, 0.05) is 18.8 Å². The Morgan fingerprint density at radius 2 is 1.30 bits per heavy atom. The fraction of sp³-hybridized carbons (Fsp3) is 0.263. The van der Waals surface area contributed by atoms with E-state index >= 15 is 0 Å². The summed E-state index contributed by atoms with van der Waals surface area (Å²) < 4.78 is 0. The molecule has 1 atom stereocenters. The van der Waals surface area contributed by atoms with Crippen molar-refractivity contribution in [1.29, 1.82) is 0 Å². The summed E-state index contributed by atoms with van der Waals surface area (Å²) in [6, 6.07) is 17.3. The molecule has 0 saturated heterocycles. The van der Waals surface area contributed by atoms with Crippen molar-refractivity contribution in [2.45, 2.75) is 25.7 Å². The molecule has 0 spiro atoms. The number of carboxylic acids is 2. The van der Waals surface area contributed by atoms with E-state index in [0.29, 0.717) is 0 Å². The van der Waals surface area contributed by atoms with Gasteiger partial charge in [0.25, 0.3) is 0 Å². The SMILES string of the molecule is Cc1ccc([C@@H](c2ccccc2)C(CC(=O)O)CC(=O)O)cc1. The Labute approximate surface area is 135 Å². The van der Waals surface area contributed by atoms with Gasteiger partial charge in [-0.15, -0.1) is 0 Å². The lowest BCUT2D eigenvalue weighted by molar-refractivity contribution is -0.140. The van der Waals surface area contributed by atoms with Crippen LogP contribution >= 0.6 is 0 Å². The van der Waals surface area contributed by atoms with Crippen LogP contribution in [0.25, 0.3) is 0 Å². The Bertz CT molecular complexity index is 646. The largest absolute Gasteiger partial charge is 0.481 e. The number of aliphatic carboxylic acids is 2. The Morgan fingerprint density at radius 3 is 1.78 bits per heavy atom. The Kier molecular flexibility index (Phi) is 5.52. The molecular weight excluding hydrogens is 292 g/mol. The highest BCUT2D eigenvalue weighted by atomic mass is 16.4. The topological polar surface area (TPSA) is 74.6 Å². The highest BCUT2D eigenvalue weighted by Gasteiger charge is 2.29. The van der Waals surface area contributed by atoms with Crippen LogP contribution in [0.2, 0.25) is 0 Å². The monoisotopic (exact) mass is 312 g/mol. The Hall–Kier alpha value is -2.62. The van der Waals surface area contributed by atoms with Crippen LogP contribution in [-0.4, -0.2) is 22.2 Å². The summed E-state index contributed by atoms with van der Waals surface area (Å²) >= 11 is 0. The van der Waals surface area contributed by atoms with E-state index in [1.165, 1.54) is 0 Å². The van der Waals surface area contributed by atoms with Crippen molar-refractivity contribution >= 4 is 11.9 Å². The maximum Gasteiger partial charge on any atom is 0.303 e. The summed E-state index contributed by atoms with van der Waals surface area (Å²) in [4.78, 5) is 22.4. The number of benzene rings is 2. The van der Waals surface area contributed by atoms with Gasteiger partial charge in [-0.05, 0) is 24.0 Å². The standard InChI is InChI=1S/C19H20O4/c1-13-7-9-15(10-8-13)19(14-5-3-2-4-6-14)16(11-17(20)21)12-18(22)23/h2-10,16,19H,11-12H2,1H3,(H,20,21)(H,22,23)/t19-/m1/s1. The number of hydrogen-bond donors (Lipinski definition) is 2. The van der Waals surface area contributed by atoms with Crippen LogP contribution in [0.5, 0.6) is 0 Å². The molecule has 0 radical (unpaired) electrons. The molecule has 2 N–H and O–H groups in total. The van der Waals surface area contributed by atoms with E-state index in [0.717, 1.165) is 16.7 Å². The third-order valence-electron chi connectivity index (χ3n) is 3.94. The van der Waals surface area contributed by atoms with Crippen LogP contribution in [0, 0.1) is 12.8 Å². The van der Waals surface area contributed by atoms with Crippen molar-refractivity contribution in [3.8, 4) is 0 Å². The third kappa shape index (κ3) is 4.68. The number of aryl methyl sites for hydroxylation is 1. The van der Waals surface area contributed by atoms with Crippen LogP contribution in [0.1, 0.15) is 35.4 Å². The van der Waals surface area contributed by atoms with E-state index < -0.39 is 17.9 Å². The van der Waals surface area contributed by atoms with Crippen molar-refractivity contribution in [3.63, 3.8) is 0 Å². The van der Waals surface area contributed by atoms with Gasteiger partial charge in [-0.3, -0.25) is 9.59 Å². The van der Waals surface area contributed by atoms with E-state index in [9.17, 15) is 19.8 Å². The second-order valence-corrected chi connectivity index (χ2v) is 5.75. The molecule has 0 aliphatic heterocycles. The van der Waals surface area contributed by atoms with Crippen molar-refractivity contribution in [2.75, 3.05) is 0 Å². The lowest BCUT2D eigenvalue weighted by Crippen LogP contribution is -2.21.